The number of nitrogens with one attached hydrogen (secondary N) is 2. The third-order valence-corrected chi connectivity index (χ3v) is 5.53. The van der Waals surface area contributed by atoms with Crippen molar-refractivity contribution in [1.82, 2.24) is 14.5 Å². The van der Waals surface area contributed by atoms with Gasteiger partial charge in [-0.05, 0) is 51.8 Å². The maximum Gasteiger partial charge on any atom is 0.323 e. The van der Waals surface area contributed by atoms with Crippen molar-refractivity contribution in [3.05, 3.63) is 83.4 Å². The first-order valence-electron chi connectivity index (χ1n) is 10.1. The molecule has 33 heavy (non-hydrogen) atoms. The number of imidazole rings is 1. The molecule has 2 aromatic heterocycles. The fourth-order valence-corrected chi connectivity index (χ4v) is 3.89. The molecule has 0 saturated heterocycles. The molecule has 2 aromatic carbocycles. The largest absolute Gasteiger partial charge is 0.495 e. The Balaban J connectivity index is 1.47. The Morgan fingerprint density at radius 3 is 2.55 bits per heavy atom. The number of amides is 2. The normalized spacial score (nSPS) is 10.5. The lowest BCUT2D eigenvalue weighted by molar-refractivity contribution is 0.262. The number of ether oxygens (including phenoxy) is 2. The van der Waals surface area contributed by atoms with Crippen molar-refractivity contribution in [2.24, 2.45) is 0 Å². The molecule has 168 valence electrons. The van der Waals surface area contributed by atoms with E-state index in [0.717, 1.165) is 17.0 Å². The van der Waals surface area contributed by atoms with E-state index >= 15 is 0 Å². The van der Waals surface area contributed by atoms with Gasteiger partial charge in [-0.15, -0.1) is 0 Å². The average Bonchev–Trinajstić information content (AvgIpc) is 3.28. The highest BCUT2D eigenvalue weighted by atomic mass is 79.9. The molecule has 0 atom stereocenters. The number of rotatable bonds is 7. The summed E-state index contributed by atoms with van der Waals surface area (Å²) in [4.78, 5) is 21.2. The number of aromatic nitrogens is 3. The van der Waals surface area contributed by atoms with Crippen molar-refractivity contribution in [2.45, 2.75) is 6.54 Å². The molecular weight excluding hydrogens is 486 g/mol. The Kier molecular flexibility index (Phi) is 6.89. The second-order valence-corrected chi connectivity index (χ2v) is 7.94. The van der Waals surface area contributed by atoms with Crippen LogP contribution in [0.4, 0.5) is 16.2 Å². The van der Waals surface area contributed by atoms with Crippen molar-refractivity contribution in [3.8, 4) is 22.9 Å². The highest BCUT2D eigenvalue weighted by Gasteiger charge is 2.13. The van der Waals surface area contributed by atoms with E-state index in [1.54, 1.807) is 37.8 Å². The molecular formula is C24H22BrN5O3. The molecule has 0 aliphatic heterocycles. The van der Waals surface area contributed by atoms with Crippen LogP contribution in [0.15, 0.2) is 77.8 Å². The molecule has 4 rings (SSSR count). The predicted octanol–water partition coefficient (Wildman–Crippen LogP) is 5.42. The van der Waals surface area contributed by atoms with E-state index in [2.05, 4.69) is 36.5 Å². The van der Waals surface area contributed by atoms with E-state index in [-0.39, 0.29) is 6.03 Å². The third kappa shape index (κ3) is 5.32. The summed E-state index contributed by atoms with van der Waals surface area (Å²) >= 11 is 3.42. The third-order valence-electron chi connectivity index (χ3n) is 4.91. The average molecular weight is 508 g/mol. The predicted molar refractivity (Wildman–Crippen MR) is 131 cm³/mol. The van der Waals surface area contributed by atoms with Crippen LogP contribution in [-0.4, -0.2) is 34.8 Å². The van der Waals surface area contributed by atoms with E-state index in [9.17, 15) is 4.79 Å². The van der Waals surface area contributed by atoms with Gasteiger partial charge in [0.25, 0.3) is 0 Å². The van der Waals surface area contributed by atoms with Crippen LogP contribution in [0.1, 0.15) is 5.56 Å². The molecule has 9 heteroatoms. The van der Waals surface area contributed by atoms with Crippen LogP contribution in [0.3, 0.4) is 0 Å². The highest BCUT2D eigenvalue weighted by molar-refractivity contribution is 9.10. The van der Waals surface area contributed by atoms with Crippen molar-refractivity contribution >= 4 is 33.3 Å². The monoisotopic (exact) mass is 507 g/mol. The summed E-state index contributed by atoms with van der Waals surface area (Å²) in [5.41, 5.74) is 3.19. The minimum absolute atomic E-state index is 0.386. The van der Waals surface area contributed by atoms with Crippen LogP contribution in [-0.2, 0) is 6.54 Å². The standard InChI is InChI=1S/C24H22BrN5O3/c1-32-21-14-22(33-2)20(13-19(21)25)29-24(31)28-18-5-3-4-16(12-18)15-30-11-10-27-23(30)17-6-8-26-9-7-17/h3-14H,15H2,1-2H3,(H2,28,29,31). The summed E-state index contributed by atoms with van der Waals surface area (Å²) in [6, 6.07) is 14.6. The zero-order valence-corrected chi connectivity index (χ0v) is 19.7. The number of hydrogen-bond donors (Lipinski definition) is 2. The van der Waals surface area contributed by atoms with E-state index < -0.39 is 0 Å². The quantitative estimate of drug-likeness (QED) is 0.348. The van der Waals surface area contributed by atoms with Crippen molar-refractivity contribution in [2.75, 3.05) is 24.9 Å². The first-order valence-corrected chi connectivity index (χ1v) is 10.9. The summed E-state index contributed by atoms with van der Waals surface area (Å²) < 4.78 is 13.4. The van der Waals surface area contributed by atoms with Crippen LogP contribution in [0, 0.1) is 0 Å². The molecule has 2 N–H and O–H groups in total. The van der Waals surface area contributed by atoms with Crippen molar-refractivity contribution in [1.29, 1.82) is 0 Å². The number of carbonyl (C=O) groups excluding carboxylic acids is 1. The smallest absolute Gasteiger partial charge is 0.323 e. The number of benzene rings is 2. The topological polar surface area (TPSA) is 90.3 Å². The Labute approximate surface area is 199 Å². The van der Waals surface area contributed by atoms with Crippen molar-refractivity contribution < 1.29 is 14.3 Å². The summed E-state index contributed by atoms with van der Waals surface area (Å²) in [5, 5.41) is 5.69. The summed E-state index contributed by atoms with van der Waals surface area (Å²) in [6.07, 6.45) is 7.18. The molecule has 2 heterocycles. The molecule has 0 spiro atoms. The van der Waals surface area contributed by atoms with Crippen LogP contribution < -0.4 is 20.1 Å². The van der Waals surface area contributed by atoms with E-state index in [1.807, 2.05) is 47.2 Å². The fraction of sp³-hybridized carbons (Fsp3) is 0.125. The molecule has 0 bridgehead atoms. The number of carbonyl (C=O) groups is 1. The zero-order chi connectivity index (χ0) is 23.2. The molecule has 8 nitrogen and oxygen atoms in total. The first-order chi connectivity index (χ1) is 16.1. The number of urea groups is 1. The number of pyridine rings is 1. The summed E-state index contributed by atoms with van der Waals surface area (Å²) in [5.74, 6) is 1.95. The molecule has 0 aliphatic rings. The Hall–Kier alpha value is -3.85. The zero-order valence-electron chi connectivity index (χ0n) is 18.1. The lowest BCUT2D eigenvalue weighted by atomic mass is 10.2. The SMILES string of the molecule is COc1cc(OC)c(NC(=O)Nc2cccc(Cn3ccnc3-c3ccncc3)c2)cc1Br. The molecule has 4 aromatic rings. The van der Waals surface area contributed by atoms with Gasteiger partial charge in [-0.1, -0.05) is 12.1 Å². The van der Waals surface area contributed by atoms with Gasteiger partial charge in [-0.3, -0.25) is 4.98 Å². The molecule has 2 amide bonds. The molecule has 0 unspecified atom stereocenters. The lowest BCUT2D eigenvalue weighted by Gasteiger charge is -2.14. The summed E-state index contributed by atoms with van der Waals surface area (Å²) in [6.45, 7) is 0.605. The second-order valence-electron chi connectivity index (χ2n) is 7.08. The van der Waals surface area contributed by atoms with Gasteiger partial charge in [0.05, 0.1) is 24.4 Å². The number of methoxy groups -OCH3 is 2. The minimum Gasteiger partial charge on any atom is -0.495 e. The Bertz CT molecular complexity index is 1260. The second kappa shape index (κ2) is 10.2. The van der Waals surface area contributed by atoms with Crippen LogP contribution in [0.5, 0.6) is 11.5 Å². The van der Waals surface area contributed by atoms with Gasteiger partial charge >= 0.3 is 6.03 Å². The lowest BCUT2D eigenvalue weighted by Crippen LogP contribution is -2.20. The van der Waals surface area contributed by atoms with Gasteiger partial charge in [0, 0.05) is 48.6 Å². The summed E-state index contributed by atoms with van der Waals surface area (Å²) in [7, 11) is 3.10. The highest BCUT2D eigenvalue weighted by Crippen LogP contribution is 2.36. The molecule has 0 fully saturated rings. The molecule has 0 aliphatic carbocycles. The maximum atomic E-state index is 12.6. The van der Waals surface area contributed by atoms with Gasteiger partial charge in [-0.2, -0.15) is 0 Å². The number of anilines is 2. The Morgan fingerprint density at radius 2 is 1.79 bits per heavy atom. The van der Waals surface area contributed by atoms with Gasteiger partial charge in [0.15, 0.2) is 0 Å². The molecule has 0 saturated carbocycles. The van der Waals surface area contributed by atoms with E-state index in [1.165, 1.54) is 7.11 Å². The fourth-order valence-electron chi connectivity index (χ4n) is 3.38. The number of nitrogens with zero attached hydrogens (tertiary/aromatic N) is 3. The molecule has 0 radical (unpaired) electrons. The maximum absolute atomic E-state index is 12.6. The van der Waals surface area contributed by atoms with Gasteiger partial charge in [0.1, 0.15) is 17.3 Å². The van der Waals surface area contributed by atoms with Crippen LogP contribution in [0.2, 0.25) is 0 Å². The van der Waals surface area contributed by atoms with Gasteiger partial charge < -0.3 is 24.7 Å². The minimum atomic E-state index is -0.386. The number of hydrogen-bond acceptors (Lipinski definition) is 5. The first kappa shape index (κ1) is 22.3. The van der Waals surface area contributed by atoms with E-state index in [0.29, 0.717) is 33.9 Å². The Morgan fingerprint density at radius 1 is 1.00 bits per heavy atom. The van der Waals surface area contributed by atoms with E-state index in [4.69, 9.17) is 9.47 Å². The van der Waals surface area contributed by atoms with Gasteiger partial charge in [-0.25, -0.2) is 9.78 Å². The van der Waals surface area contributed by atoms with Crippen LogP contribution >= 0.6 is 15.9 Å². The van der Waals surface area contributed by atoms with Gasteiger partial charge in [0.2, 0.25) is 0 Å². The van der Waals surface area contributed by atoms with Crippen LogP contribution in [0.25, 0.3) is 11.4 Å². The number of halogens is 1. The van der Waals surface area contributed by atoms with Crippen molar-refractivity contribution in [3.63, 3.8) is 0 Å².